The maximum Gasteiger partial charge on any atom is 0.294 e. The topological polar surface area (TPSA) is 75.7 Å². The molecule has 180 valence electrons. The van der Waals surface area contributed by atoms with Gasteiger partial charge in [0.05, 0.1) is 11.5 Å². The number of rotatable bonds is 8. The molecule has 0 saturated carbocycles. The second-order valence-corrected chi connectivity index (χ2v) is 9.61. The van der Waals surface area contributed by atoms with Gasteiger partial charge in [0.25, 0.3) is 11.1 Å². The molecule has 3 aromatic rings. The van der Waals surface area contributed by atoms with E-state index in [-0.39, 0.29) is 11.4 Å². The van der Waals surface area contributed by atoms with Crippen molar-refractivity contribution in [1.29, 1.82) is 0 Å². The van der Waals surface area contributed by atoms with Gasteiger partial charge in [-0.15, -0.1) is 0 Å². The Morgan fingerprint density at radius 1 is 1.14 bits per heavy atom. The molecule has 0 radical (unpaired) electrons. The van der Waals surface area contributed by atoms with Gasteiger partial charge in [-0.2, -0.15) is 0 Å². The third-order valence-corrected chi connectivity index (χ3v) is 6.75. The number of hydrogen-bond acceptors (Lipinski definition) is 5. The third-order valence-electron chi connectivity index (χ3n) is 5.61. The van der Waals surface area contributed by atoms with Gasteiger partial charge in [-0.05, 0) is 65.7 Å². The molecular weight excluding hydrogens is 484 g/mol. The highest BCUT2D eigenvalue weighted by atomic mass is 35.5. The molecule has 3 aromatic carbocycles. The van der Waals surface area contributed by atoms with Gasteiger partial charge < -0.3 is 10.1 Å². The third kappa shape index (κ3) is 5.69. The van der Waals surface area contributed by atoms with Crippen LogP contribution in [0.3, 0.4) is 0 Å². The number of nitrogens with zero attached hydrogens (tertiary/aromatic N) is 1. The van der Waals surface area contributed by atoms with Crippen molar-refractivity contribution in [2.24, 2.45) is 0 Å². The van der Waals surface area contributed by atoms with Crippen molar-refractivity contribution in [1.82, 2.24) is 4.90 Å². The smallest absolute Gasteiger partial charge is 0.294 e. The summed E-state index contributed by atoms with van der Waals surface area (Å²) in [6, 6.07) is 16.8. The Labute approximate surface area is 213 Å². The van der Waals surface area contributed by atoms with Crippen LogP contribution in [0.4, 0.5) is 10.5 Å². The van der Waals surface area contributed by atoms with E-state index < -0.39 is 17.1 Å². The fourth-order valence-corrected chi connectivity index (χ4v) is 4.70. The maximum atomic E-state index is 13.1. The zero-order valence-electron chi connectivity index (χ0n) is 19.5. The second kappa shape index (κ2) is 11.0. The SMILES string of the molecule is CCCCOc1ccc2ccccc2c1/C=C1\SC(=O)N(CC(=O)Nc2cc(Cl)ccc2C)C1=O. The van der Waals surface area contributed by atoms with Crippen molar-refractivity contribution >= 4 is 63.0 Å². The van der Waals surface area contributed by atoms with Gasteiger partial charge in [0.1, 0.15) is 12.3 Å². The van der Waals surface area contributed by atoms with E-state index in [9.17, 15) is 14.4 Å². The van der Waals surface area contributed by atoms with Crippen LogP contribution in [0.2, 0.25) is 5.02 Å². The number of aryl methyl sites for hydroxylation is 1. The summed E-state index contributed by atoms with van der Waals surface area (Å²) < 4.78 is 6.00. The van der Waals surface area contributed by atoms with Gasteiger partial charge in [0.15, 0.2) is 0 Å². The van der Waals surface area contributed by atoms with Crippen molar-refractivity contribution in [3.8, 4) is 5.75 Å². The van der Waals surface area contributed by atoms with Crippen LogP contribution in [0.1, 0.15) is 30.9 Å². The molecular formula is C27H25ClN2O4S. The van der Waals surface area contributed by atoms with E-state index in [2.05, 4.69) is 12.2 Å². The number of carbonyl (C=O) groups is 3. The summed E-state index contributed by atoms with van der Waals surface area (Å²) in [7, 11) is 0. The van der Waals surface area contributed by atoms with E-state index in [0.717, 1.165) is 51.4 Å². The molecule has 1 aliphatic heterocycles. The van der Waals surface area contributed by atoms with Gasteiger partial charge in [0, 0.05) is 16.3 Å². The minimum atomic E-state index is -0.509. The molecule has 35 heavy (non-hydrogen) atoms. The first-order valence-corrected chi connectivity index (χ1v) is 12.5. The number of halogens is 1. The second-order valence-electron chi connectivity index (χ2n) is 8.18. The van der Waals surface area contributed by atoms with Gasteiger partial charge in [-0.1, -0.05) is 61.3 Å². The molecule has 0 aromatic heterocycles. The molecule has 0 aliphatic carbocycles. The molecule has 1 saturated heterocycles. The van der Waals surface area contributed by atoms with Gasteiger partial charge in [-0.25, -0.2) is 0 Å². The zero-order valence-corrected chi connectivity index (χ0v) is 21.0. The number of unbranched alkanes of at least 4 members (excludes halogenated alkanes) is 1. The molecule has 1 heterocycles. The molecule has 1 aliphatic rings. The molecule has 0 bridgehead atoms. The number of thioether (sulfide) groups is 1. The van der Waals surface area contributed by atoms with Crippen LogP contribution in [-0.4, -0.2) is 35.1 Å². The Bertz CT molecular complexity index is 1340. The van der Waals surface area contributed by atoms with Crippen molar-refractivity contribution < 1.29 is 19.1 Å². The average Bonchev–Trinajstić information content (AvgIpc) is 3.10. The lowest BCUT2D eigenvalue weighted by molar-refractivity contribution is -0.127. The zero-order chi connectivity index (χ0) is 24.9. The number of imide groups is 1. The van der Waals surface area contributed by atoms with Crippen LogP contribution in [-0.2, 0) is 9.59 Å². The predicted octanol–water partition coefficient (Wildman–Crippen LogP) is 6.66. The predicted molar refractivity (Wildman–Crippen MR) is 142 cm³/mol. The number of amides is 3. The summed E-state index contributed by atoms with van der Waals surface area (Å²) in [5.74, 6) is -0.337. The van der Waals surface area contributed by atoms with Gasteiger partial charge in [0.2, 0.25) is 5.91 Å². The molecule has 8 heteroatoms. The minimum Gasteiger partial charge on any atom is -0.493 e. The van der Waals surface area contributed by atoms with E-state index in [1.807, 2.05) is 43.3 Å². The number of carbonyl (C=O) groups excluding carboxylic acids is 3. The highest BCUT2D eigenvalue weighted by Crippen LogP contribution is 2.37. The quantitative estimate of drug-likeness (QED) is 0.272. The van der Waals surface area contributed by atoms with Crippen LogP contribution in [0.25, 0.3) is 16.8 Å². The Morgan fingerprint density at radius 2 is 1.94 bits per heavy atom. The van der Waals surface area contributed by atoms with E-state index >= 15 is 0 Å². The molecule has 3 amide bonds. The highest BCUT2D eigenvalue weighted by molar-refractivity contribution is 8.18. The molecule has 0 unspecified atom stereocenters. The normalized spacial score (nSPS) is 14.7. The van der Waals surface area contributed by atoms with Crippen LogP contribution >= 0.6 is 23.4 Å². The Hall–Kier alpha value is -3.29. The summed E-state index contributed by atoms with van der Waals surface area (Å²) in [5.41, 5.74) is 2.10. The first-order chi connectivity index (χ1) is 16.9. The lowest BCUT2D eigenvalue weighted by Gasteiger charge is -2.14. The lowest BCUT2D eigenvalue weighted by Crippen LogP contribution is -2.36. The van der Waals surface area contributed by atoms with E-state index in [4.69, 9.17) is 16.3 Å². The lowest BCUT2D eigenvalue weighted by atomic mass is 10.0. The number of anilines is 1. The van der Waals surface area contributed by atoms with Crippen LogP contribution in [0.15, 0.2) is 59.5 Å². The number of nitrogens with one attached hydrogen (secondary N) is 1. The van der Waals surface area contributed by atoms with Gasteiger partial charge >= 0.3 is 0 Å². The van der Waals surface area contributed by atoms with E-state index in [1.165, 1.54) is 0 Å². The molecule has 6 nitrogen and oxygen atoms in total. The molecule has 0 spiro atoms. The first kappa shape index (κ1) is 24.8. The fraction of sp³-hybridized carbons (Fsp3) is 0.222. The van der Waals surface area contributed by atoms with Crippen molar-refractivity contribution in [2.75, 3.05) is 18.5 Å². The van der Waals surface area contributed by atoms with Crippen LogP contribution < -0.4 is 10.1 Å². The largest absolute Gasteiger partial charge is 0.493 e. The average molecular weight is 509 g/mol. The van der Waals surface area contributed by atoms with Crippen LogP contribution in [0, 0.1) is 6.92 Å². The standard InChI is InChI=1S/C27H25ClN2O4S/c1-3-4-13-34-23-12-10-18-7-5-6-8-20(18)21(23)15-24-26(32)30(27(33)35-24)16-25(31)29-22-14-19(28)11-9-17(22)2/h5-12,14-15H,3-4,13,16H2,1-2H3,(H,29,31)/b24-15-. The van der Waals surface area contributed by atoms with Crippen molar-refractivity contribution in [3.05, 3.63) is 75.7 Å². The summed E-state index contributed by atoms with van der Waals surface area (Å²) in [6.45, 7) is 4.09. The summed E-state index contributed by atoms with van der Waals surface area (Å²) in [5, 5.41) is 4.63. The fourth-order valence-electron chi connectivity index (χ4n) is 3.71. The Balaban J connectivity index is 1.58. The van der Waals surface area contributed by atoms with E-state index in [1.54, 1.807) is 24.3 Å². The summed E-state index contributed by atoms with van der Waals surface area (Å²) in [4.78, 5) is 39.6. The Kier molecular flexibility index (Phi) is 7.78. The maximum absolute atomic E-state index is 13.1. The minimum absolute atomic E-state index is 0.249. The molecule has 1 fully saturated rings. The monoisotopic (exact) mass is 508 g/mol. The summed E-state index contributed by atoms with van der Waals surface area (Å²) in [6.07, 6.45) is 3.59. The molecule has 4 rings (SSSR count). The number of ether oxygens (including phenoxy) is 1. The molecule has 1 N–H and O–H groups in total. The van der Waals surface area contributed by atoms with Crippen LogP contribution in [0.5, 0.6) is 5.75 Å². The van der Waals surface area contributed by atoms with E-state index in [0.29, 0.717) is 23.1 Å². The number of benzene rings is 3. The molecule has 0 atom stereocenters. The highest BCUT2D eigenvalue weighted by Gasteiger charge is 2.36. The van der Waals surface area contributed by atoms with Gasteiger partial charge in [-0.3, -0.25) is 19.3 Å². The van der Waals surface area contributed by atoms with Crippen molar-refractivity contribution in [2.45, 2.75) is 26.7 Å². The number of fused-ring (bicyclic) bond motifs is 1. The first-order valence-electron chi connectivity index (χ1n) is 11.3. The summed E-state index contributed by atoms with van der Waals surface area (Å²) >= 11 is 6.83. The Morgan fingerprint density at radius 3 is 2.74 bits per heavy atom. The number of hydrogen-bond donors (Lipinski definition) is 1. The van der Waals surface area contributed by atoms with Crippen molar-refractivity contribution in [3.63, 3.8) is 0 Å².